The Balaban J connectivity index is 1.54. The van der Waals surface area contributed by atoms with Crippen molar-refractivity contribution in [1.29, 1.82) is 0 Å². The molecule has 1 aromatic heterocycles. The molecule has 0 bridgehead atoms. The van der Waals surface area contributed by atoms with E-state index in [1.165, 1.54) is 6.20 Å². The third-order valence-corrected chi connectivity index (χ3v) is 4.35. The van der Waals surface area contributed by atoms with Crippen LogP contribution in [0.15, 0.2) is 65.9 Å². The summed E-state index contributed by atoms with van der Waals surface area (Å²) < 4.78 is 5.62. The van der Waals surface area contributed by atoms with Crippen LogP contribution in [0.5, 0.6) is 11.6 Å². The summed E-state index contributed by atoms with van der Waals surface area (Å²) in [5.41, 5.74) is 8.85. The van der Waals surface area contributed by atoms with Crippen molar-refractivity contribution in [3.05, 3.63) is 82.5 Å². The SMILES string of the molecule is Cc1cc(C)c(NC(=O)CO/N=C(/N)c2ccc(Oc3ccccc3)nc2)c(Cl)c1. The van der Waals surface area contributed by atoms with E-state index in [0.717, 1.165) is 11.1 Å². The molecule has 0 radical (unpaired) electrons. The number of pyridine rings is 1. The van der Waals surface area contributed by atoms with Crippen molar-refractivity contribution in [3.63, 3.8) is 0 Å². The summed E-state index contributed by atoms with van der Waals surface area (Å²) >= 11 is 6.19. The number of hydrogen-bond donors (Lipinski definition) is 2. The minimum absolute atomic E-state index is 0.0890. The van der Waals surface area contributed by atoms with Crippen LogP contribution in [0.25, 0.3) is 0 Å². The molecule has 0 atom stereocenters. The number of aryl methyl sites for hydroxylation is 2. The molecule has 2 aromatic carbocycles. The van der Waals surface area contributed by atoms with E-state index in [1.807, 2.05) is 50.2 Å². The molecule has 0 unspecified atom stereocenters. The van der Waals surface area contributed by atoms with Crippen LogP contribution in [-0.4, -0.2) is 23.3 Å². The van der Waals surface area contributed by atoms with Gasteiger partial charge in [0, 0.05) is 17.8 Å². The number of nitrogens with zero attached hydrogens (tertiary/aromatic N) is 2. The zero-order valence-corrected chi connectivity index (χ0v) is 17.3. The van der Waals surface area contributed by atoms with Gasteiger partial charge in [-0.15, -0.1) is 0 Å². The van der Waals surface area contributed by atoms with Crippen molar-refractivity contribution >= 4 is 29.0 Å². The maximum atomic E-state index is 12.1. The van der Waals surface area contributed by atoms with Gasteiger partial charge in [-0.3, -0.25) is 4.79 Å². The molecule has 1 amide bonds. The highest BCUT2D eigenvalue weighted by Crippen LogP contribution is 2.27. The fourth-order valence-corrected chi connectivity index (χ4v) is 3.03. The number of carbonyl (C=O) groups is 1. The van der Waals surface area contributed by atoms with Crippen molar-refractivity contribution in [1.82, 2.24) is 4.98 Å². The van der Waals surface area contributed by atoms with Crippen LogP contribution in [0.3, 0.4) is 0 Å². The van der Waals surface area contributed by atoms with Crippen molar-refractivity contribution in [3.8, 4) is 11.6 Å². The smallest absolute Gasteiger partial charge is 0.265 e. The highest BCUT2D eigenvalue weighted by atomic mass is 35.5. The number of oxime groups is 1. The quantitative estimate of drug-likeness (QED) is 0.332. The Labute approximate surface area is 179 Å². The average molecular weight is 425 g/mol. The van der Waals surface area contributed by atoms with Crippen molar-refractivity contribution < 1.29 is 14.4 Å². The summed E-state index contributed by atoms with van der Waals surface area (Å²) in [6, 6.07) is 16.4. The Morgan fingerprint density at radius 3 is 2.60 bits per heavy atom. The maximum absolute atomic E-state index is 12.1. The Morgan fingerprint density at radius 2 is 1.93 bits per heavy atom. The molecular formula is C22H21ClN4O3. The van der Waals surface area contributed by atoms with Crippen LogP contribution in [0, 0.1) is 13.8 Å². The van der Waals surface area contributed by atoms with Gasteiger partial charge in [0.15, 0.2) is 12.4 Å². The number of benzene rings is 2. The number of anilines is 1. The first-order chi connectivity index (χ1) is 14.4. The van der Waals surface area contributed by atoms with Crippen molar-refractivity contribution in [2.45, 2.75) is 13.8 Å². The second-order valence-corrected chi connectivity index (χ2v) is 6.94. The second-order valence-electron chi connectivity index (χ2n) is 6.54. The number of carbonyl (C=O) groups excluding carboxylic acids is 1. The highest BCUT2D eigenvalue weighted by Gasteiger charge is 2.10. The van der Waals surface area contributed by atoms with Gasteiger partial charge >= 0.3 is 0 Å². The van der Waals surface area contributed by atoms with Gasteiger partial charge in [0.05, 0.1) is 10.7 Å². The van der Waals surface area contributed by atoms with E-state index < -0.39 is 5.91 Å². The van der Waals surface area contributed by atoms with Gasteiger partial charge in [0.2, 0.25) is 5.88 Å². The molecule has 0 spiro atoms. The van der Waals surface area contributed by atoms with E-state index >= 15 is 0 Å². The van der Waals surface area contributed by atoms with Crippen LogP contribution in [0.2, 0.25) is 5.02 Å². The van der Waals surface area contributed by atoms with E-state index in [4.69, 9.17) is 26.9 Å². The molecule has 7 nitrogen and oxygen atoms in total. The highest BCUT2D eigenvalue weighted by molar-refractivity contribution is 6.34. The lowest BCUT2D eigenvalue weighted by molar-refractivity contribution is -0.120. The molecule has 0 saturated heterocycles. The number of hydrogen-bond acceptors (Lipinski definition) is 5. The average Bonchev–Trinajstić information content (AvgIpc) is 2.72. The summed E-state index contributed by atoms with van der Waals surface area (Å²) in [5, 5.41) is 6.95. The minimum atomic E-state index is -0.398. The predicted octanol–water partition coefficient (Wildman–Crippen LogP) is 4.42. The van der Waals surface area contributed by atoms with Crippen molar-refractivity contribution in [2.24, 2.45) is 10.9 Å². The number of rotatable bonds is 7. The van der Waals surface area contributed by atoms with E-state index in [2.05, 4.69) is 15.5 Å². The number of amidine groups is 1. The van der Waals surface area contributed by atoms with Gasteiger partial charge < -0.3 is 20.6 Å². The number of nitrogens with one attached hydrogen (secondary N) is 1. The molecule has 30 heavy (non-hydrogen) atoms. The van der Waals surface area contributed by atoms with Gasteiger partial charge in [-0.1, -0.05) is 41.0 Å². The molecule has 0 fully saturated rings. The van der Waals surface area contributed by atoms with Gasteiger partial charge in [-0.2, -0.15) is 0 Å². The molecule has 3 aromatic rings. The molecule has 3 rings (SSSR count). The van der Waals surface area contributed by atoms with E-state index in [1.54, 1.807) is 18.2 Å². The predicted molar refractivity (Wildman–Crippen MR) is 117 cm³/mol. The van der Waals surface area contributed by atoms with Crippen LogP contribution in [0.1, 0.15) is 16.7 Å². The van der Waals surface area contributed by atoms with Crippen LogP contribution >= 0.6 is 11.6 Å². The standard InChI is InChI=1S/C22H21ClN4O3/c1-14-10-15(2)21(18(23)11-14)26-19(28)13-29-27-22(24)16-8-9-20(25-12-16)30-17-6-4-3-5-7-17/h3-12H,13H2,1-2H3,(H2,24,27)(H,26,28). The summed E-state index contributed by atoms with van der Waals surface area (Å²) in [7, 11) is 0. The molecule has 0 saturated carbocycles. The molecule has 3 N–H and O–H groups in total. The Kier molecular flexibility index (Phi) is 6.87. The Hall–Kier alpha value is -3.58. The summed E-state index contributed by atoms with van der Waals surface area (Å²) in [6.45, 7) is 3.48. The number of halogens is 1. The van der Waals surface area contributed by atoms with Crippen molar-refractivity contribution in [2.75, 3.05) is 11.9 Å². The Morgan fingerprint density at radius 1 is 1.17 bits per heavy atom. The molecule has 0 aliphatic heterocycles. The van der Waals surface area contributed by atoms with Gasteiger partial charge in [0.25, 0.3) is 5.91 Å². The van der Waals surface area contributed by atoms with E-state index in [-0.39, 0.29) is 12.4 Å². The molecule has 8 heteroatoms. The summed E-state index contributed by atoms with van der Waals surface area (Å²) in [6.07, 6.45) is 1.51. The third-order valence-electron chi connectivity index (χ3n) is 4.05. The molecule has 0 aliphatic rings. The largest absolute Gasteiger partial charge is 0.439 e. The monoisotopic (exact) mass is 424 g/mol. The zero-order valence-electron chi connectivity index (χ0n) is 16.6. The van der Waals surface area contributed by atoms with Gasteiger partial charge in [0.1, 0.15) is 5.75 Å². The van der Waals surface area contributed by atoms with Crippen LogP contribution < -0.4 is 15.8 Å². The third kappa shape index (κ3) is 5.71. The van der Waals surface area contributed by atoms with Crippen LogP contribution in [-0.2, 0) is 9.63 Å². The minimum Gasteiger partial charge on any atom is -0.439 e. The van der Waals surface area contributed by atoms with Gasteiger partial charge in [-0.05, 0) is 49.2 Å². The fourth-order valence-electron chi connectivity index (χ4n) is 2.66. The zero-order chi connectivity index (χ0) is 21.5. The number of ether oxygens (including phenoxy) is 1. The normalized spacial score (nSPS) is 11.1. The van der Waals surface area contributed by atoms with Crippen LogP contribution in [0.4, 0.5) is 5.69 Å². The first kappa shape index (κ1) is 21.1. The summed E-state index contributed by atoms with van der Waals surface area (Å²) in [4.78, 5) is 21.4. The van der Waals surface area contributed by atoms with E-state index in [9.17, 15) is 4.79 Å². The number of nitrogens with two attached hydrogens (primary N) is 1. The Bertz CT molecular complexity index is 1030. The molecule has 1 heterocycles. The number of amides is 1. The second kappa shape index (κ2) is 9.76. The molecule has 154 valence electrons. The topological polar surface area (TPSA) is 98.8 Å². The lowest BCUT2D eigenvalue weighted by Crippen LogP contribution is -2.20. The number of para-hydroxylation sites is 1. The first-order valence-corrected chi connectivity index (χ1v) is 9.51. The molecule has 0 aliphatic carbocycles. The molecular weight excluding hydrogens is 404 g/mol. The number of aromatic nitrogens is 1. The maximum Gasteiger partial charge on any atom is 0.265 e. The first-order valence-electron chi connectivity index (χ1n) is 9.13. The lowest BCUT2D eigenvalue weighted by atomic mass is 10.1. The fraction of sp³-hybridized carbons (Fsp3) is 0.136. The van der Waals surface area contributed by atoms with E-state index in [0.29, 0.717) is 27.9 Å². The summed E-state index contributed by atoms with van der Waals surface area (Å²) in [5.74, 6) is 0.789. The van der Waals surface area contributed by atoms with Gasteiger partial charge in [-0.25, -0.2) is 4.98 Å². The lowest BCUT2D eigenvalue weighted by Gasteiger charge is -2.11.